The van der Waals surface area contributed by atoms with Crippen LogP contribution >= 0.6 is 34.7 Å². The number of carbonyl (C=O) groups excluding carboxylic acids is 2. The standard InChI is InChI=1S/C29H23ClFN3O4S2/c1-2-15-38-21-13-9-18(10-14-21)25(35)23-24(17-7-11-20(30)12-8-17)34(27(37)26(23)36)28-32-33-29(40-28)39-16-19-5-3-4-6-22(19)31/h3-14,24,35H,2,15-16H2,1H3/b25-23-. The molecule has 11 heteroatoms. The number of ether oxygens (including phenoxy) is 1. The molecular formula is C29H23ClFN3O4S2. The van der Waals surface area contributed by atoms with Crippen molar-refractivity contribution in [2.24, 2.45) is 0 Å². The number of halogens is 2. The maximum Gasteiger partial charge on any atom is 0.301 e. The summed E-state index contributed by atoms with van der Waals surface area (Å²) in [5.74, 6) is -1.38. The maximum atomic E-state index is 14.1. The molecule has 0 radical (unpaired) electrons. The van der Waals surface area contributed by atoms with Gasteiger partial charge in [-0.15, -0.1) is 10.2 Å². The Morgan fingerprint density at radius 1 is 1.07 bits per heavy atom. The zero-order chi connectivity index (χ0) is 28.2. The molecule has 1 saturated heterocycles. The van der Waals surface area contributed by atoms with Gasteiger partial charge in [0.2, 0.25) is 5.13 Å². The predicted molar refractivity (Wildman–Crippen MR) is 154 cm³/mol. The van der Waals surface area contributed by atoms with Crippen LogP contribution in [-0.4, -0.2) is 33.6 Å². The molecule has 204 valence electrons. The Hall–Kier alpha value is -3.73. The number of Topliss-reactive ketones (excluding diaryl/α,β-unsaturated/α-hetero) is 1. The second kappa shape index (κ2) is 12.2. The molecule has 40 heavy (non-hydrogen) atoms. The predicted octanol–water partition coefficient (Wildman–Crippen LogP) is 7.04. The van der Waals surface area contributed by atoms with Gasteiger partial charge in [-0.2, -0.15) is 0 Å². The number of benzene rings is 3. The minimum atomic E-state index is -0.967. The van der Waals surface area contributed by atoms with Crippen molar-refractivity contribution in [2.75, 3.05) is 11.5 Å². The Labute approximate surface area is 243 Å². The minimum absolute atomic E-state index is 0.0784. The summed E-state index contributed by atoms with van der Waals surface area (Å²) in [4.78, 5) is 28.0. The zero-order valence-corrected chi connectivity index (χ0v) is 23.6. The summed E-state index contributed by atoms with van der Waals surface area (Å²) in [6, 6.07) is 18.8. The van der Waals surface area contributed by atoms with Crippen molar-refractivity contribution in [3.8, 4) is 5.75 Å². The lowest BCUT2D eigenvalue weighted by atomic mass is 9.95. The van der Waals surface area contributed by atoms with Crippen LogP contribution in [0.2, 0.25) is 5.02 Å². The largest absolute Gasteiger partial charge is 0.507 e. The Morgan fingerprint density at radius 2 is 1.80 bits per heavy atom. The number of thioether (sulfide) groups is 1. The first-order valence-corrected chi connectivity index (χ1v) is 14.5. The first-order valence-electron chi connectivity index (χ1n) is 12.4. The third kappa shape index (κ3) is 5.74. The number of hydrogen-bond acceptors (Lipinski definition) is 8. The fourth-order valence-electron chi connectivity index (χ4n) is 4.19. The van der Waals surface area contributed by atoms with Crippen molar-refractivity contribution in [1.29, 1.82) is 0 Å². The summed E-state index contributed by atoms with van der Waals surface area (Å²) in [6.07, 6.45) is 0.848. The highest BCUT2D eigenvalue weighted by Crippen LogP contribution is 2.44. The Bertz CT molecular complexity index is 1570. The van der Waals surface area contributed by atoms with Crippen LogP contribution in [0.1, 0.15) is 36.1 Å². The average molecular weight is 596 g/mol. The summed E-state index contributed by atoms with van der Waals surface area (Å²) >= 11 is 8.48. The lowest BCUT2D eigenvalue weighted by Crippen LogP contribution is -2.29. The Balaban J connectivity index is 1.51. The molecule has 1 aliphatic rings. The van der Waals surface area contributed by atoms with Crippen LogP contribution in [0, 0.1) is 5.82 Å². The molecule has 1 atom stereocenters. The molecule has 3 aromatic carbocycles. The smallest absolute Gasteiger partial charge is 0.301 e. The van der Waals surface area contributed by atoms with Gasteiger partial charge in [0.15, 0.2) is 4.34 Å². The second-order valence-corrected chi connectivity index (χ2v) is 11.4. The lowest BCUT2D eigenvalue weighted by molar-refractivity contribution is -0.132. The molecule has 1 aromatic heterocycles. The molecule has 1 unspecified atom stereocenters. The van der Waals surface area contributed by atoms with E-state index in [9.17, 15) is 19.1 Å². The van der Waals surface area contributed by atoms with Crippen LogP contribution in [0.15, 0.2) is 82.7 Å². The third-order valence-electron chi connectivity index (χ3n) is 6.14. The SMILES string of the molecule is CCCOc1ccc(/C(O)=C2/C(=O)C(=O)N(c3nnc(SCc4ccccc4F)s3)C2c2ccc(Cl)cc2)cc1. The highest BCUT2D eigenvalue weighted by molar-refractivity contribution is 8.00. The number of amides is 1. The van der Waals surface area contributed by atoms with E-state index in [1.54, 1.807) is 66.7 Å². The molecule has 1 amide bonds. The highest BCUT2D eigenvalue weighted by atomic mass is 35.5. The summed E-state index contributed by atoms with van der Waals surface area (Å²) in [5, 5.41) is 20.3. The van der Waals surface area contributed by atoms with E-state index in [1.165, 1.54) is 22.7 Å². The van der Waals surface area contributed by atoms with Crippen LogP contribution < -0.4 is 9.64 Å². The quantitative estimate of drug-likeness (QED) is 0.0729. The number of aliphatic hydroxyl groups is 1. The zero-order valence-electron chi connectivity index (χ0n) is 21.2. The lowest BCUT2D eigenvalue weighted by Gasteiger charge is -2.22. The Morgan fingerprint density at radius 3 is 2.50 bits per heavy atom. The van der Waals surface area contributed by atoms with E-state index in [4.69, 9.17) is 16.3 Å². The van der Waals surface area contributed by atoms with Crippen molar-refractivity contribution in [3.05, 3.63) is 106 Å². The molecule has 2 heterocycles. The van der Waals surface area contributed by atoms with Crippen molar-refractivity contribution in [1.82, 2.24) is 10.2 Å². The molecule has 1 aliphatic heterocycles. The van der Waals surface area contributed by atoms with Crippen LogP contribution in [-0.2, 0) is 15.3 Å². The summed E-state index contributed by atoms with van der Waals surface area (Å²) < 4.78 is 20.2. The van der Waals surface area contributed by atoms with Gasteiger partial charge in [-0.1, -0.05) is 72.0 Å². The fourth-order valence-corrected chi connectivity index (χ4v) is 6.17. The van der Waals surface area contributed by atoms with Crippen molar-refractivity contribution in [3.63, 3.8) is 0 Å². The van der Waals surface area contributed by atoms with Gasteiger partial charge in [0, 0.05) is 16.3 Å². The van der Waals surface area contributed by atoms with Crippen LogP contribution in [0.4, 0.5) is 9.52 Å². The average Bonchev–Trinajstić information content (AvgIpc) is 3.53. The van der Waals surface area contributed by atoms with Crippen molar-refractivity contribution < 1.29 is 23.8 Å². The number of ketones is 1. The van der Waals surface area contributed by atoms with Gasteiger partial charge in [0.05, 0.1) is 18.2 Å². The van der Waals surface area contributed by atoms with E-state index in [0.29, 0.717) is 44.2 Å². The maximum absolute atomic E-state index is 14.1. The topological polar surface area (TPSA) is 92.6 Å². The summed E-state index contributed by atoms with van der Waals surface area (Å²) in [6.45, 7) is 2.55. The molecule has 0 aliphatic carbocycles. The van der Waals surface area contributed by atoms with Gasteiger partial charge >= 0.3 is 5.91 Å². The number of carbonyl (C=O) groups is 2. The summed E-state index contributed by atoms with van der Waals surface area (Å²) in [7, 11) is 0. The van der Waals surface area contributed by atoms with Crippen LogP contribution in [0.25, 0.3) is 5.76 Å². The highest BCUT2D eigenvalue weighted by Gasteiger charge is 2.48. The van der Waals surface area contributed by atoms with E-state index < -0.39 is 17.7 Å². The molecule has 0 spiro atoms. The van der Waals surface area contributed by atoms with E-state index in [-0.39, 0.29) is 22.3 Å². The van der Waals surface area contributed by atoms with E-state index in [0.717, 1.165) is 17.8 Å². The van der Waals surface area contributed by atoms with Gasteiger partial charge in [0.1, 0.15) is 17.3 Å². The van der Waals surface area contributed by atoms with E-state index in [1.807, 2.05) is 6.92 Å². The molecule has 5 rings (SSSR count). The normalized spacial score (nSPS) is 16.5. The molecule has 0 saturated carbocycles. The number of rotatable bonds is 9. The van der Waals surface area contributed by atoms with Crippen molar-refractivity contribution >= 4 is 57.3 Å². The minimum Gasteiger partial charge on any atom is -0.507 e. The Kier molecular flexibility index (Phi) is 8.49. The molecule has 0 bridgehead atoms. The monoisotopic (exact) mass is 595 g/mol. The van der Waals surface area contributed by atoms with Crippen molar-refractivity contribution in [2.45, 2.75) is 29.5 Å². The number of aromatic nitrogens is 2. The van der Waals surface area contributed by atoms with E-state index >= 15 is 0 Å². The third-order valence-corrected chi connectivity index (χ3v) is 8.50. The molecule has 1 N–H and O–H groups in total. The molecule has 7 nitrogen and oxygen atoms in total. The summed E-state index contributed by atoms with van der Waals surface area (Å²) in [5.41, 5.74) is 1.35. The number of hydrogen-bond donors (Lipinski definition) is 1. The van der Waals surface area contributed by atoms with Gasteiger partial charge in [-0.25, -0.2) is 4.39 Å². The van der Waals surface area contributed by atoms with E-state index in [2.05, 4.69) is 10.2 Å². The van der Waals surface area contributed by atoms with Gasteiger partial charge < -0.3 is 9.84 Å². The number of anilines is 1. The first-order chi connectivity index (χ1) is 19.4. The number of nitrogens with zero attached hydrogens (tertiary/aromatic N) is 3. The first kappa shape index (κ1) is 27.8. The van der Waals surface area contributed by atoms with Crippen LogP contribution in [0.5, 0.6) is 5.75 Å². The molecule has 4 aromatic rings. The van der Waals surface area contributed by atoms with Crippen LogP contribution in [0.3, 0.4) is 0 Å². The van der Waals surface area contributed by atoms with Gasteiger partial charge in [0.25, 0.3) is 5.78 Å². The number of aliphatic hydroxyl groups excluding tert-OH is 1. The second-order valence-electron chi connectivity index (χ2n) is 8.82. The van der Waals surface area contributed by atoms with Gasteiger partial charge in [-0.3, -0.25) is 14.5 Å². The molecule has 1 fully saturated rings. The van der Waals surface area contributed by atoms with Gasteiger partial charge in [-0.05, 0) is 60.0 Å². The molecular weight excluding hydrogens is 573 g/mol. The fraction of sp³-hybridized carbons (Fsp3) is 0.172.